The van der Waals surface area contributed by atoms with E-state index >= 15 is 0 Å². The molecule has 0 N–H and O–H groups in total. The van der Waals surface area contributed by atoms with Gasteiger partial charge in [0.25, 0.3) is 0 Å². The molecule has 0 aromatic heterocycles. The van der Waals surface area contributed by atoms with E-state index in [9.17, 15) is 14.4 Å². The third-order valence-electron chi connectivity index (χ3n) is 5.98. The van der Waals surface area contributed by atoms with Gasteiger partial charge < -0.3 is 14.4 Å². The van der Waals surface area contributed by atoms with Crippen LogP contribution < -0.4 is 0 Å². The van der Waals surface area contributed by atoms with Gasteiger partial charge in [0.15, 0.2) is 5.92 Å². The highest BCUT2D eigenvalue weighted by molar-refractivity contribution is 5.96. The molecule has 0 spiro atoms. The number of nitrogens with zero attached hydrogens (tertiary/aromatic N) is 1. The van der Waals surface area contributed by atoms with E-state index in [4.69, 9.17) is 9.47 Å². The van der Waals surface area contributed by atoms with Crippen molar-refractivity contribution in [2.75, 3.05) is 13.1 Å². The largest absolute Gasteiger partial charge is 0.460 e. The number of carbonyl (C=O) groups is 3. The molecule has 6 nitrogen and oxygen atoms in total. The number of hydrogen-bond acceptors (Lipinski definition) is 5. The molecule has 0 unspecified atom stereocenters. The summed E-state index contributed by atoms with van der Waals surface area (Å²) in [6.45, 7) is 3.59. The minimum Gasteiger partial charge on any atom is -0.460 e. The lowest BCUT2D eigenvalue weighted by molar-refractivity contribution is -0.167. The average Bonchev–Trinajstić information content (AvgIpc) is 3.38. The molecule has 1 aliphatic rings. The van der Waals surface area contributed by atoms with Crippen molar-refractivity contribution in [3.8, 4) is 0 Å². The Morgan fingerprint density at radius 2 is 1.30 bits per heavy atom. The topological polar surface area (TPSA) is 72.9 Å². The van der Waals surface area contributed by atoms with Crippen LogP contribution in [0, 0.1) is 11.8 Å². The summed E-state index contributed by atoms with van der Waals surface area (Å²) >= 11 is 0. The number of likely N-dealkylation sites (tertiary alicyclic amines) is 1. The van der Waals surface area contributed by atoms with Crippen LogP contribution in [0.2, 0.25) is 0 Å². The highest BCUT2D eigenvalue weighted by atomic mass is 16.6. The third-order valence-corrected chi connectivity index (χ3v) is 5.98. The molecular formula is C27H33NO5. The van der Waals surface area contributed by atoms with Gasteiger partial charge in [-0.15, -0.1) is 0 Å². The van der Waals surface area contributed by atoms with Crippen LogP contribution >= 0.6 is 0 Å². The van der Waals surface area contributed by atoms with Gasteiger partial charge in [0.1, 0.15) is 13.2 Å². The molecule has 1 aliphatic heterocycles. The first-order chi connectivity index (χ1) is 16.1. The molecule has 1 heterocycles. The maximum Gasteiger partial charge on any atom is 0.320 e. The number of rotatable bonds is 11. The Labute approximate surface area is 195 Å². The fraction of sp³-hybridized carbons (Fsp3) is 0.444. The molecule has 176 valence electrons. The van der Waals surface area contributed by atoms with E-state index < -0.39 is 23.8 Å². The van der Waals surface area contributed by atoms with Gasteiger partial charge in [-0.25, -0.2) is 0 Å². The van der Waals surface area contributed by atoms with Gasteiger partial charge in [-0.2, -0.15) is 0 Å². The molecule has 6 heteroatoms. The van der Waals surface area contributed by atoms with Gasteiger partial charge in [-0.1, -0.05) is 74.0 Å². The van der Waals surface area contributed by atoms with Gasteiger partial charge in [0, 0.05) is 19.5 Å². The second-order valence-electron chi connectivity index (χ2n) is 8.51. The molecule has 0 bridgehead atoms. The maximum atomic E-state index is 13.1. The Bertz CT molecular complexity index is 838. The van der Waals surface area contributed by atoms with Gasteiger partial charge in [-0.05, 0) is 36.3 Å². The van der Waals surface area contributed by atoms with E-state index in [1.807, 2.05) is 72.5 Å². The number of ether oxygens (including phenoxy) is 2. The van der Waals surface area contributed by atoms with Gasteiger partial charge in [0.05, 0.1) is 0 Å². The normalized spacial score (nSPS) is 14.2. The highest BCUT2D eigenvalue weighted by Crippen LogP contribution is 2.27. The van der Waals surface area contributed by atoms with E-state index in [2.05, 4.69) is 0 Å². The summed E-state index contributed by atoms with van der Waals surface area (Å²) in [7, 11) is 0. The minimum absolute atomic E-state index is 0.0114. The first kappa shape index (κ1) is 24.5. The maximum absolute atomic E-state index is 13.1. The van der Waals surface area contributed by atoms with E-state index in [0.29, 0.717) is 6.42 Å². The minimum atomic E-state index is -1.14. The van der Waals surface area contributed by atoms with E-state index in [1.54, 1.807) is 0 Å². The smallest absolute Gasteiger partial charge is 0.320 e. The quantitative estimate of drug-likeness (QED) is 0.371. The van der Waals surface area contributed by atoms with Gasteiger partial charge in [-0.3, -0.25) is 14.4 Å². The van der Waals surface area contributed by atoms with Crippen LogP contribution in [-0.2, 0) is 37.1 Å². The first-order valence-electron chi connectivity index (χ1n) is 11.8. The number of carbonyl (C=O) groups excluding carboxylic acids is 3. The van der Waals surface area contributed by atoms with Crippen LogP contribution in [0.3, 0.4) is 0 Å². The average molecular weight is 452 g/mol. The summed E-state index contributed by atoms with van der Waals surface area (Å²) in [5.41, 5.74) is 1.67. The van der Waals surface area contributed by atoms with Crippen molar-refractivity contribution in [3.05, 3.63) is 71.8 Å². The predicted molar refractivity (Wildman–Crippen MR) is 125 cm³/mol. The Morgan fingerprint density at radius 1 is 0.818 bits per heavy atom. The predicted octanol–water partition coefficient (Wildman–Crippen LogP) is 4.52. The Morgan fingerprint density at radius 3 is 1.76 bits per heavy atom. The van der Waals surface area contributed by atoms with E-state index in [-0.39, 0.29) is 25.5 Å². The van der Waals surface area contributed by atoms with Crippen LogP contribution in [0.5, 0.6) is 0 Å². The molecule has 0 aliphatic carbocycles. The molecule has 2 aromatic rings. The van der Waals surface area contributed by atoms with Crippen molar-refractivity contribution in [2.24, 2.45) is 11.8 Å². The summed E-state index contributed by atoms with van der Waals surface area (Å²) in [4.78, 5) is 41.0. The fourth-order valence-corrected chi connectivity index (χ4v) is 4.20. The molecular weight excluding hydrogens is 418 g/mol. The molecule has 0 radical (unpaired) electrons. The van der Waals surface area contributed by atoms with E-state index in [1.165, 1.54) is 0 Å². The van der Waals surface area contributed by atoms with Crippen molar-refractivity contribution >= 4 is 17.8 Å². The SMILES string of the molecule is CCC[C@H](CC(=O)N1CCCC1)C(C(=O)OCc1ccccc1)C(=O)OCc1ccccc1. The molecule has 1 atom stereocenters. The molecule has 2 aromatic carbocycles. The lowest BCUT2D eigenvalue weighted by Crippen LogP contribution is -2.38. The highest BCUT2D eigenvalue weighted by Gasteiger charge is 2.39. The van der Waals surface area contributed by atoms with Gasteiger partial charge >= 0.3 is 11.9 Å². The van der Waals surface area contributed by atoms with Crippen molar-refractivity contribution in [1.82, 2.24) is 4.90 Å². The van der Waals surface area contributed by atoms with Crippen molar-refractivity contribution in [2.45, 2.75) is 52.2 Å². The van der Waals surface area contributed by atoms with Gasteiger partial charge in [0.2, 0.25) is 5.91 Å². The zero-order valence-corrected chi connectivity index (χ0v) is 19.3. The lowest BCUT2D eigenvalue weighted by atomic mass is 9.85. The zero-order chi connectivity index (χ0) is 23.5. The second kappa shape index (κ2) is 12.8. The van der Waals surface area contributed by atoms with Crippen LogP contribution in [0.15, 0.2) is 60.7 Å². The fourth-order valence-electron chi connectivity index (χ4n) is 4.20. The standard InChI is InChI=1S/C27H33NO5/c1-2-11-23(18-24(29)28-16-9-10-17-28)25(26(30)32-19-21-12-5-3-6-13-21)27(31)33-20-22-14-7-4-8-15-22/h3-8,12-15,23,25H,2,9-11,16-20H2,1H3/t23-/m1/s1. The molecule has 1 saturated heterocycles. The number of esters is 2. The number of hydrogen-bond donors (Lipinski definition) is 0. The first-order valence-corrected chi connectivity index (χ1v) is 11.8. The second-order valence-corrected chi connectivity index (χ2v) is 8.51. The summed E-state index contributed by atoms with van der Waals surface area (Å²) in [6.07, 6.45) is 3.43. The summed E-state index contributed by atoms with van der Waals surface area (Å²) in [5.74, 6) is -2.88. The zero-order valence-electron chi connectivity index (χ0n) is 19.3. The molecule has 3 rings (SSSR count). The van der Waals surface area contributed by atoms with Crippen LogP contribution in [-0.4, -0.2) is 35.8 Å². The van der Waals surface area contributed by atoms with E-state index in [0.717, 1.165) is 43.5 Å². The van der Waals surface area contributed by atoms with Crippen molar-refractivity contribution < 1.29 is 23.9 Å². The molecule has 1 fully saturated rings. The third kappa shape index (κ3) is 7.45. The number of benzene rings is 2. The summed E-state index contributed by atoms with van der Waals surface area (Å²) in [6, 6.07) is 18.7. The van der Waals surface area contributed by atoms with Crippen LogP contribution in [0.1, 0.15) is 50.2 Å². The summed E-state index contributed by atoms with van der Waals surface area (Å²) in [5, 5.41) is 0. The Balaban J connectivity index is 1.73. The van der Waals surface area contributed by atoms with Crippen molar-refractivity contribution in [3.63, 3.8) is 0 Å². The Hall–Kier alpha value is -3.15. The number of amides is 1. The van der Waals surface area contributed by atoms with Crippen LogP contribution in [0.4, 0.5) is 0 Å². The monoisotopic (exact) mass is 451 g/mol. The molecule has 1 amide bonds. The van der Waals surface area contributed by atoms with Crippen LogP contribution in [0.25, 0.3) is 0 Å². The summed E-state index contributed by atoms with van der Waals surface area (Å²) < 4.78 is 11.1. The molecule has 0 saturated carbocycles. The lowest BCUT2D eigenvalue weighted by Gasteiger charge is -2.26. The Kier molecular flexibility index (Phi) is 9.48. The van der Waals surface area contributed by atoms with Crippen molar-refractivity contribution in [1.29, 1.82) is 0 Å². The molecule has 33 heavy (non-hydrogen) atoms.